The van der Waals surface area contributed by atoms with Crippen molar-refractivity contribution in [2.24, 2.45) is 5.73 Å². The van der Waals surface area contributed by atoms with Crippen LogP contribution in [0.25, 0.3) is 0 Å². The van der Waals surface area contributed by atoms with Crippen molar-refractivity contribution < 1.29 is 9.59 Å². The standard InChI is InChI=1S/C14H16N2O2S/c15-9-10-16-13(17)12(19-14(16)18)8-4-7-11-5-2-1-3-6-11/h1-3,5-6,8H,4,7,9-10,15H2/b12-8-. The van der Waals surface area contributed by atoms with Gasteiger partial charge in [-0.3, -0.25) is 14.5 Å². The molecule has 1 saturated heterocycles. The summed E-state index contributed by atoms with van der Waals surface area (Å²) in [4.78, 5) is 25.2. The minimum Gasteiger partial charge on any atom is -0.329 e. The summed E-state index contributed by atoms with van der Waals surface area (Å²) >= 11 is 1.000. The van der Waals surface area contributed by atoms with E-state index in [4.69, 9.17) is 5.73 Å². The maximum atomic E-state index is 11.9. The largest absolute Gasteiger partial charge is 0.329 e. The van der Waals surface area contributed by atoms with Crippen LogP contribution in [0.4, 0.5) is 4.79 Å². The first-order valence-corrected chi connectivity index (χ1v) is 7.02. The minimum atomic E-state index is -0.221. The zero-order valence-electron chi connectivity index (χ0n) is 10.5. The Labute approximate surface area is 116 Å². The van der Waals surface area contributed by atoms with Crippen LogP contribution in [0.2, 0.25) is 0 Å². The van der Waals surface area contributed by atoms with Crippen LogP contribution in [-0.2, 0) is 11.2 Å². The molecule has 0 aliphatic carbocycles. The van der Waals surface area contributed by atoms with Crippen LogP contribution in [0.15, 0.2) is 41.3 Å². The Morgan fingerprint density at radius 2 is 1.95 bits per heavy atom. The lowest BCUT2D eigenvalue weighted by Gasteiger charge is -2.09. The molecular formula is C14H16N2O2S. The number of rotatable bonds is 5. The van der Waals surface area contributed by atoms with E-state index in [-0.39, 0.29) is 11.1 Å². The van der Waals surface area contributed by atoms with Gasteiger partial charge in [0.15, 0.2) is 0 Å². The molecule has 1 fully saturated rings. The zero-order chi connectivity index (χ0) is 13.7. The summed E-state index contributed by atoms with van der Waals surface area (Å²) in [6.07, 6.45) is 3.46. The number of benzene rings is 1. The highest BCUT2D eigenvalue weighted by Gasteiger charge is 2.33. The second kappa shape index (κ2) is 6.54. The quantitative estimate of drug-likeness (QED) is 0.837. The average molecular weight is 276 g/mol. The molecule has 1 aromatic rings. The first-order chi connectivity index (χ1) is 9.22. The van der Waals surface area contributed by atoms with Crippen LogP contribution >= 0.6 is 11.8 Å². The molecule has 2 rings (SSSR count). The minimum absolute atomic E-state index is 0.214. The smallest absolute Gasteiger partial charge is 0.293 e. The number of carbonyl (C=O) groups excluding carboxylic acids is 2. The third-order valence-electron chi connectivity index (χ3n) is 2.83. The maximum Gasteiger partial charge on any atom is 0.293 e. The summed E-state index contributed by atoms with van der Waals surface area (Å²) in [5.74, 6) is -0.214. The molecule has 0 aromatic heterocycles. The van der Waals surface area contributed by atoms with Crippen LogP contribution < -0.4 is 5.73 Å². The van der Waals surface area contributed by atoms with Crippen molar-refractivity contribution in [2.75, 3.05) is 13.1 Å². The fourth-order valence-electron chi connectivity index (χ4n) is 1.87. The third kappa shape index (κ3) is 3.45. The number of nitrogens with zero attached hydrogens (tertiary/aromatic N) is 1. The Bertz CT molecular complexity index is 499. The monoisotopic (exact) mass is 276 g/mol. The number of hydrogen-bond acceptors (Lipinski definition) is 4. The molecule has 0 saturated carbocycles. The fourth-order valence-corrected chi connectivity index (χ4v) is 2.75. The predicted octanol–water partition coefficient (Wildman–Crippen LogP) is 2.16. The van der Waals surface area contributed by atoms with Crippen molar-refractivity contribution in [3.8, 4) is 0 Å². The van der Waals surface area contributed by atoms with Gasteiger partial charge in [0.1, 0.15) is 0 Å². The van der Waals surface area contributed by atoms with Crippen LogP contribution in [0.5, 0.6) is 0 Å². The molecule has 0 radical (unpaired) electrons. The van der Waals surface area contributed by atoms with Crippen molar-refractivity contribution in [3.63, 3.8) is 0 Å². The van der Waals surface area contributed by atoms with Crippen molar-refractivity contribution in [3.05, 3.63) is 46.9 Å². The molecule has 1 aliphatic rings. The van der Waals surface area contributed by atoms with Crippen molar-refractivity contribution in [1.29, 1.82) is 0 Å². The highest BCUT2D eigenvalue weighted by atomic mass is 32.2. The number of imide groups is 1. The Morgan fingerprint density at radius 3 is 2.63 bits per heavy atom. The summed E-state index contributed by atoms with van der Waals surface area (Å²) < 4.78 is 0. The number of nitrogens with two attached hydrogens (primary N) is 1. The summed E-state index contributed by atoms with van der Waals surface area (Å²) in [6, 6.07) is 10.1. The van der Waals surface area contributed by atoms with Gasteiger partial charge in [0, 0.05) is 13.1 Å². The molecule has 19 heavy (non-hydrogen) atoms. The van der Waals surface area contributed by atoms with Crippen LogP contribution in [-0.4, -0.2) is 29.1 Å². The van der Waals surface area contributed by atoms with Gasteiger partial charge in [-0.2, -0.15) is 0 Å². The van der Waals surface area contributed by atoms with E-state index in [1.807, 2.05) is 36.4 Å². The maximum absolute atomic E-state index is 11.9. The van der Waals surface area contributed by atoms with E-state index in [0.717, 1.165) is 24.6 Å². The number of amides is 2. The Kier molecular flexibility index (Phi) is 4.76. The summed E-state index contributed by atoms with van der Waals surface area (Å²) in [6.45, 7) is 0.593. The van der Waals surface area contributed by atoms with E-state index < -0.39 is 0 Å². The number of thioether (sulfide) groups is 1. The van der Waals surface area contributed by atoms with Gasteiger partial charge in [0.25, 0.3) is 11.1 Å². The molecule has 2 N–H and O–H groups in total. The van der Waals surface area contributed by atoms with E-state index in [1.165, 1.54) is 10.5 Å². The van der Waals surface area contributed by atoms with Gasteiger partial charge in [-0.15, -0.1) is 0 Å². The molecule has 1 heterocycles. The number of allylic oxidation sites excluding steroid dienone is 1. The molecule has 0 bridgehead atoms. The Morgan fingerprint density at radius 1 is 1.21 bits per heavy atom. The molecule has 2 amide bonds. The first kappa shape index (κ1) is 13.8. The van der Waals surface area contributed by atoms with Crippen molar-refractivity contribution in [1.82, 2.24) is 4.90 Å². The van der Waals surface area contributed by atoms with E-state index in [9.17, 15) is 9.59 Å². The van der Waals surface area contributed by atoms with Gasteiger partial charge >= 0.3 is 0 Å². The lowest BCUT2D eigenvalue weighted by atomic mass is 10.1. The lowest BCUT2D eigenvalue weighted by Crippen LogP contribution is -2.33. The predicted molar refractivity (Wildman–Crippen MR) is 76.6 cm³/mol. The second-order valence-corrected chi connectivity index (χ2v) is 5.20. The van der Waals surface area contributed by atoms with Crippen molar-refractivity contribution >= 4 is 22.9 Å². The van der Waals surface area contributed by atoms with Crippen LogP contribution in [0, 0.1) is 0 Å². The molecular weight excluding hydrogens is 260 g/mol. The third-order valence-corrected chi connectivity index (χ3v) is 3.79. The average Bonchev–Trinajstić information content (AvgIpc) is 2.68. The summed E-state index contributed by atoms with van der Waals surface area (Å²) in [5.41, 5.74) is 6.60. The van der Waals surface area contributed by atoms with Gasteiger partial charge in [-0.05, 0) is 30.2 Å². The molecule has 1 aliphatic heterocycles. The van der Waals surface area contributed by atoms with Gasteiger partial charge in [-0.25, -0.2) is 0 Å². The molecule has 100 valence electrons. The SMILES string of the molecule is NCCN1C(=O)S/C(=C\CCc2ccccc2)C1=O. The molecule has 0 spiro atoms. The molecule has 4 nitrogen and oxygen atoms in total. The normalized spacial score (nSPS) is 17.5. The fraction of sp³-hybridized carbons (Fsp3) is 0.286. The molecule has 0 unspecified atom stereocenters. The summed E-state index contributed by atoms with van der Waals surface area (Å²) in [5, 5.41) is -0.221. The second-order valence-electron chi connectivity index (χ2n) is 4.21. The number of carbonyl (C=O) groups is 2. The van der Waals surface area contributed by atoms with E-state index in [1.54, 1.807) is 0 Å². The van der Waals surface area contributed by atoms with Gasteiger partial charge in [0.2, 0.25) is 0 Å². The van der Waals surface area contributed by atoms with E-state index in [2.05, 4.69) is 0 Å². The zero-order valence-corrected chi connectivity index (χ0v) is 11.4. The molecule has 0 atom stereocenters. The number of hydrogen-bond donors (Lipinski definition) is 1. The number of aryl methyl sites for hydroxylation is 1. The van der Waals surface area contributed by atoms with Gasteiger partial charge < -0.3 is 5.73 Å². The topological polar surface area (TPSA) is 63.4 Å². The molecule has 1 aromatic carbocycles. The van der Waals surface area contributed by atoms with Gasteiger partial charge in [-0.1, -0.05) is 36.4 Å². The molecule has 5 heteroatoms. The highest BCUT2D eigenvalue weighted by Crippen LogP contribution is 2.30. The van der Waals surface area contributed by atoms with Crippen LogP contribution in [0.3, 0.4) is 0 Å². The van der Waals surface area contributed by atoms with E-state index in [0.29, 0.717) is 18.0 Å². The lowest BCUT2D eigenvalue weighted by molar-refractivity contribution is -0.122. The van der Waals surface area contributed by atoms with Gasteiger partial charge in [0.05, 0.1) is 4.91 Å². The Hall–Kier alpha value is -1.59. The highest BCUT2D eigenvalue weighted by molar-refractivity contribution is 8.18. The van der Waals surface area contributed by atoms with Crippen molar-refractivity contribution in [2.45, 2.75) is 12.8 Å². The van der Waals surface area contributed by atoms with Crippen LogP contribution in [0.1, 0.15) is 12.0 Å². The van der Waals surface area contributed by atoms with E-state index >= 15 is 0 Å². The first-order valence-electron chi connectivity index (χ1n) is 6.20. The summed E-state index contributed by atoms with van der Waals surface area (Å²) in [7, 11) is 0. The Balaban J connectivity index is 1.94.